The lowest BCUT2D eigenvalue weighted by atomic mass is 10.2. The molecule has 0 bridgehead atoms. The highest BCUT2D eigenvalue weighted by Crippen LogP contribution is 2.04. The number of likely N-dealkylation sites (N-methyl/N-ethyl adjacent to an activating group) is 1. The van der Waals surface area contributed by atoms with Gasteiger partial charge in [0.2, 0.25) is 5.91 Å². The SMILES string of the molecule is CN1CCN(C(=O)Cn2c(=O)[nH]c3ccccc3c2=O)CC1. The predicted octanol–water partition coefficient (Wildman–Crippen LogP) is -0.536. The Hall–Kier alpha value is -2.41. The number of piperazine rings is 1. The zero-order valence-corrected chi connectivity index (χ0v) is 12.4. The Balaban J connectivity index is 1.89. The quantitative estimate of drug-likeness (QED) is 0.808. The highest BCUT2D eigenvalue weighted by atomic mass is 16.2. The molecular formula is C15H18N4O3. The zero-order valence-electron chi connectivity index (χ0n) is 12.4. The topological polar surface area (TPSA) is 78.4 Å². The van der Waals surface area contributed by atoms with Crippen LogP contribution in [0.1, 0.15) is 0 Å². The average molecular weight is 302 g/mol. The first kappa shape index (κ1) is 14.5. The van der Waals surface area contributed by atoms with E-state index in [1.807, 2.05) is 7.05 Å². The van der Waals surface area contributed by atoms with Crippen molar-refractivity contribution in [3.63, 3.8) is 0 Å². The molecule has 116 valence electrons. The van der Waals surface area contributed by atoms with E-state index < -0.39 is 11.2 Å². The molecule has 1 aliphatic rings. The summed E-state index contributed by atoms with van der Waals surface area (Å²) in [5.74, 6) is -0.198. The van der Waals surface area contributed by atoms with Crippen LogP contribution in [0.5, 0.6) is 0 Å². The Morgan fingerprint density at radius 3 is 2.55 bits per heavy atom. The molecular weight excluding hydrogens is 284 g/mol. The highest BCUT2D eigenvalue weighted by molar-refractivity contribution is 5.79. The van der Waals surface area contributed by atoms with Gasteiger partial charge in [0.15, 0.2) is 0 Å². The summed E-state index contributed by atoms with van der Waals surface area (Å²) in [4.78, 5) is 43.2. The molecule has 2 aromatic rings. The summed E-state index contributed by atoms with van der Waals surface area (Å²) in [5, 5.41) is 0.410. The zero-order chi connectivity index (χ0) is 15.7. The fourth-order valence-corrected chi connectivity index (χ4v) is 2.63. The molecule has 1 N–H and O–H groups in total. The van der Waals surface area contributed by atoms with Crippen LogP contribution in [0.15, 0.2) is 33.9 Å². The molecule has 3 rings (SSSR count). The Morgan fingerprint density at radius 1 is 1.14 bits per heavy atom. The van der Waals surface area contributed by atoms with Gasteiger partial charge >= 0.3 is 5.69 Å². The van der Waals surface area contributed by atoms with Gasteiger partial charge in [-0.1, -0.05) is 12.1 Å². The van der Waals surface area contributed by atoms with Crippen molar-refractivity contribution in [2.45, 2.75) is 6.54 Å². The van der Waals surface area contributed by atoms with Crippen LogP contribution < -0.4 is 11.2 Å². The number of para-hydroxylation sites is 1. The van der Waals surface area contributed by atoms with E-state index in [-0.39, 0.29) is 12.5 Å². The van der Waals surface area contributed by atoms with Gasteiger partial charge in [-0.15, -0.1) is 0 Å². The summed E-state index contributed by atoms with van der Waals surface area (Å²) in [7, 11) is 2.00. The molecule has 0 radical (unpaired) electrons. The highest BCUT2D eigenvalue weighted by Gasteiger charge is 2.20. The number of aromatic amines is 1. The number of H-pyrrole nitrogens is 1. The summed E-state index contributed by atoms with van der Waals surface area (Å²) in [6, 6.07) is 6.79. The van der Waals surface area contributed by atoms with Crippen molar-refractivity contribution in [1.29, 1.82) is 0 Å². The number of carbonyl (C=O) groups is 1. The van der Waals surface area contributed by atoms with E-state index in [0.29, 0.717) is 24.0 Å². The van der Waals surface area contributed by atoms with Crippen molar-refractivity contribution >= 4 is 16.8 Å². The lowest BCUT2D eigenvalue weighted by molar-refractivity contribution is -0.133. The van der Waals surface area contributed by atoms with Gasteiger partial charge in [0.1, 0.15) is 6.54 Å². The van der Waals surface area contributed by atoms with Crippen molar-refractivity contribution in [1.82, 2.24) is 19.4 Å². The molecule has 0 unspecified atom stereocenters. The summed E-state index contributed by atoms with van der Waals surface area (Å²) in [6.45, 7) is 2.62. The number of aromatic nitrogens is 2. The first-order valence-corrected chi connectivity index (χ1v) is 7.24. The number of hydrogen-bond acceptors (Lipinski definition) is 4. The number of hydrogen-bond donors (Lipinski definition) is 1. The number of rotatable bonds is 2. The molecule has 22 heavy (non-hydrogen) atoms. The largest absolute Gasteiger partial charge is 0.339 e. The van der Waals surface area contributed by atoms with E-state index in [2.05, 4.69) is 9.88 Å². The number of carbonyl (C=O) groups excluding carboxylic acids is 1. The Kier molecular flexibility index (Phi) is 3.81. The van der Waals surface area contributed by atoms with Crippen LogP contribution in [0.2, 0.25) is 0 Å². The van der Waals surface area contributed by atoms with Crippen LogP contribution >= 0.6 is 0 Å². The third-order valence-electron chi connectivity index (χ3n) is 4.04. The molecule has 1 aliphatic heterocycles. The summed E-state index contributed by atoms with van der Waals surface area (Å²) < 4.78 is 0.975. The molecule has 0 spiro atoms. The van der Waals surface area contributed by atoms with Crippen molar-refractivity contribution in [2.75, 3.05) is 33.2 Å². The number of nitrogens with one attached hydrogen (secondary N) is 1. The second kappa shape index (κ2) is 5.76. The molecule has 1 amide bonds. The second-order valence-corrected chi connectivity index (χ2v) is 5.55. The van der Waals surface area contributed by atoms with Crippen molar-refractivity contribution in [2.24, 2.45) is 0 Å². The molecule has 1 aromatic carbocycles. The van der Waals surface area contributed by atoms with Gasteiger partial charge in [0.25, 0.3) is 5.56 Å². The van der Waals surface area contributed by atoms with Crippen LogP contribution in [-0.4, -0.2) is 58.5 Å². The van der Waals surface area contributed by atoms with E-state index in [1.165, 1.54) is 0 Å². The maximum atomic E-state index is 12.4. The van der Waals surface area contributed by atoms with Gasteiger partial charge in [-0.25, -0.2) is 4.79 Å². The molecule has 2 heterocycles. The Bertz CT molecular complexity index is 815. The lowest BCUT2D eigenvalue weighted by Gasteiger charge is -2.32. The summed E-state index contributed by atoms with van der Waals surface area (Å²) >= 11 is 0. The van der Waals surface area contributed by atoms with E-state index in [1.54, 1.807) is 29.2 Å². The smallest absolute Gasteiger partial charge is 0.329 e. The number of amides is 1. The molecule has 1 saturated heterocycles. The molecule has 0 saturated carbocycles. The summed E-state index contributed by atoms with van der Waals surface area (Å²) in [6.07, 6.45) is 0. The monoisotopic (exact) mass is 302 g/mol. The van der Waals surface area contributed by atoms with E-state index in [9.17, 15) is 14.4 Å². The van der Waals surface area contributed by atoms with Crippen LogP contribution in [0.4, 0.5) is 0 Å². The number of nitrogens with zero attached hydrogens (tertiary/aromatic N) is 3. The van der Waals surface area contributed by atoms with Gasteiger partial charge in [-0.2, -0.15) is 0 Å². The van der Waals surface area contributed by atoms with Crippen molar-refractivity contribution in [3.05, 3.63) is 45.1 Å². The molecule has 1 aromatic heterocycles. The minimum Gasteiger partial charge on any atom is -0.339 e. The normalized spacial score (nSPS) is 16.1. The van der Waals surface area contributed by atoms with E-state index in [0.717, 1.165) is 17.7 Å². The second-order valence-electron chi connectivity index (χ2n) is 5.55. The minimum atomic E-state index is -0.550. The lowest BCUT2D eigenvalue weighted by Crippen LogP contribution is -2.49. The average Bonchev–Trinajstić information content (AvgIpc) is 2.52. The van der Waals surface area contributed by atoms with Crippen molar-refractivity contribution < 1.29 is 4.79 Å². The fourth-order valence-electron chi connectivity index (χ4n) is 2.63. The first-order valence-electron chi connectivity index (χ1n) is 7.24. The Morgan fingerprint density at radius 2 is 1.82 bits per heavy atom. The molecule has 1 fully saturated rings. The maximum absolute atomic E-state index is 12.4. The maximum Gasteiger partial charge on any atom is 0.329 e. The molecule has 7 nitrogen and oxygen atoms in total. The van der Waals surface area contributed by atoms with Crippen LogP contribution in [-0.2, 0) is 11.3 Å². The van der Waals surface area contributed by atoms with Crippen LogP contribution in [0, 0.1) is 0 Å². The molecule has 0 atom stereocenters. The third kappa shape index (κ3) is 2.67. The van der Waals surface area contributed by atoms with Crippen molar-refractivity contribution in [3.8, 4) is 0 Å². The predicted molar refractivity (Wildman–Crippen MR) is 82.9 cm³/mol. The first-order chi connectivity index (χ1) is 10.6. The van der Waals surface area contributed by atoms with Gasteiger partial charge in [-0.3, -0.25) is 14.2 Å². The number of fused-ring (bicyclic) bond motifs is 1. The summed E-state index contributed by atoms with van der Waals surface area (Å²) in [5.41, 5.74) is -0.492. The van der Waals surface area contributed by atoms with Gasteiger partial charge < -0.3 is 14.8 Å². The fraction of sp³-hybridized carbons (Fsp3) is 0.400. The van der Waals surface area contributed by atoms with Gasteiger partial charge in [-0.05, 0) is 19.2 Å². The third-order valence-corrected chi connectivity index (χ3v) is 4.04. The van der Waals surface area contributed by atoms with E-state index >= 15 is 0 Å². The molecule has 0 aliphatic carbocycles. The number of benzene rings is 1. The minimum absolute atomic E-state index is 0.198. The van der Waals surface area contributed by atoms with Crippen LogP contribution in [0.3, 0.4) is 0 Å². The standard InChI is InChI=1S/C15H18N4O3/c1-17-6-8-18(9-7-17)13(20)10-19-14(21)11-4-2-3-5-12(11)16-15(19)22/h2-5H,6-10H2,1H3,(H,16,22). The van der Waals surface area contributed by atoms with E-state index in [4.69, 9.17) is 0 Å². The van der Waals surface area contributed by atoms with Crippen LogP contribution in [0.25, 0.3) is 10.9 Å². The van der Waals surface area contributed by atoms with Gasteiger partial charge in [0, 0.05) is 26.2 Å². The molecule has 7 heteroatoms. The van der Waals surface area contributed by atoms with Gasteiger partial charge in [0.05, 0.1) is 10.9 Å². The Labute approximate surface area is 126 Å².